The Labute approximate surface area is 82.2 Å². The Morgan fingerprint density at radius 1 is 1.47 bits per heavy atom. The van der Waals surface area contributed by atoms with Crippen LogP contribution in [0.25, 0.3) is 0 Å². The highest BCUT2D eigenvalue weighted by Gasteiger charge is 2.46. The minimum atomic E-state index is -4.67. The average molecular weight is 225 g/mol. The number of nitro groups is 1. The third kappa shape index (κ3) is 2.34. The topological polar surface area (TPSA) is 43.1 Å². The summed E-state index contributed by atoms with van der Waals surface area (Å²) in [4.78, 5) is 9.20. The largest absolute Gasteiger partial charge is 0.396 e. The maximum absolute atomic E-state index is 13.0. The van der Waals surface area contributed by atoms with E-state index in [0.717, 1.165) is 6.92 Å². The summed E-state index contributed by atoms with van der Waals surface area (Å²) in [7, 11) is 0. The van der Waals surface area contributed by atoms with E-state index in [0.29, 0.717) is 12.2 Å². The fraction of sp³-hybridized carbons (Fsp3) is 0.500. The number of hydrogen-bond donors (Lipinski definition) is 0. The number of nitrogens with zero attached hydrogens (tertiary/aromatic N) is 1. The smallest absolute Gasteiger partial charge is 0.258 e. The van der Waals surface area contributed by atoms with Crippen LogP contribution < -0.4 is 0 Å². The minimum Gasteiger partial charge on any atom is -0.258 e. The van der Waals surface area contributed by atoms with Gasteiger partial charge in [-0.1, -0.05) is 6.92 Å². The van der Waals surface area contributed by atoms with Gasteiger partial charge in [-0.2, -0.15) is 13.2 Å². The van der Waals surface area contributed by atoms with Gasteiger partial charge in [0.05, 0.1) is 10.8 Å². The average Bonchev–Trinajstić information content (AvgIpc) is 2.06. The third-order valence-electron chi connectivity index (χ3n) is 2.20. The number of rotatable bonds is 1. The van der Waals surface area contributed by atoms with Gasteiger partial charge in [-0.15, -0.1) is 0 Å². The molecule has 0 aliphatic heterocycles. The molecule has 1 aliphatic rings. The molecule has 0 saturated heterocycles. The van der Waals surface area contributed by atoms with Crippen LogP contribution in [0.1, 0.15) is 6.92 Å². The molecule has 0 amide bonds. The van der Waals surface area contributed by atoms with Crippen LogP contribution in [0.2, 0.25) is 0 Å². The van der Waals surface area contributed by atoms with Gasteiger partial charge in [0.15, 0.2) is 0 Å². The summed E-state index contributed by atoms with van der Waals surface area (Å²) >= 11 is 0. The molecule has 15 heavy (non-hydrogen) atoms. The Kier molecular flexibility index (Phi) is 2.83. The molecular formula is C8H7F4NO2. The van der Waals surface area contributed by atoms with E-state index in [4.69, 9.17) is 0 Å². The highest BCUT2D eigenvalue weighted by molar-refractivity contribution is 5.24. The third-order valence-corrected chi connectivity index (χ3v) is 2.20. The molecule has 0 spiro atoms. The summed E-state index contributed by atoms with van der Waals surface area (Å²) in [5.74, 6) is -4.66. The predicted molar refractivity (Wildman–Crippen MR) is 43.0 cm³/mol. The van der Waals surface area contributed by atoms with Crippen molar-refractivity contribution >= 4 is 0 Å². The van der Waals surface area contributed by atoms with Crippen molar-refractivity contribution in [3.8, 4) is 0 Å². The Morgan fingerprint density at radius 3 is 2.40 bits per heavy atom. The molecule has 1 rings (SSSR count). The fourth-order valence-electron chi connectivity index (χ4n) is 1.31. The summed E-state index contributed by atoms with van der Waals surface area (Å²) in [6.07, 6.45) is -3.72. The van der Waals surface area contributed by atoms with Gasteiger partial charge in [-0.05, 0) is 0 Å². The van der Waals surface area contributed by atoms with Gasteiger partial charge in [0.25, 0.3) is 5.70 Å². The fourth-order valence-corrected chi connectivity index (χ4v) is 1.31. The molecular weight excluding hydrogens is 218 g/mol. The van der Waals surface area contributed by atoms with Gasteiger partial charge in [-0.25, -0.2) is 4.39 Å². The molecule has 0 aromatic carbocycles. The van der Waals surface area contributed by atoms with Crippen molar-refractivity contribution < 1.29 is 22.5 Å². The van der Waals surface area contributed by atoms with Crippen LogP contribution in [0, 0.1) is 22.0 Å². The van der Waals surface area contributed by atoms with Crippen LogP contribution in [-0.4, -0.2) is 11.1 Å². The Hall–Kier alpha value is -1.40. The van der Waals surface area contributed by atoms with E-state index in [1.807, 2.05) is 0 Å². The molecule has 0 heterocycles. The predicted octanol–water partition coefficient (Wildman–Crippen LogP) is 2.83. The molecule has 0 N–H and O–H groups in total. The van der Waals surface area contributed by atoms with Crippen LogP contribution in [0.3, 0.4) is 0 Å². The van der Waals surface area contributed by atoms with E-state index in [1.165, 1.54) is 0 Å². The first-order valence-corrected chi connectivity index (χ1v) is 4.03. The minimum absolute atomic E-state index is 0.438. The molecule has 0 radical (unpaired) electrons. The van der Waals surface area contributed by atoms with E-state index >= 15 is 0 Å². The summed E-state index contributed by atoms with van der Waals surface area (Å²) in [5.41, 5.74) is -0.854. The van der Waals surface area contributed by atoms with Crippen molar-refractivity contribution in [3.63, 3.8) is 0 Å². The zero-order chi connectivity index (χ0) is 11.8. The molecule has 84 valence electrons. The lowest BCUT2D eigenvalue weighted by Gasteiger charge is -2.24. The van der Waals surface area contributed by atoms with Crippen LogP contribution in [0.15, 0.2) is 23.7 Å². The monoisotopic (exact) mass is 225 g/mol. The molecule has 0 aromatic heterocycles. The van der Waals surface area contributed by atoms with Crippen molar-refractivity contribution in [3.05, 3.63) is 33.8 Å². The first-order valence-electron chi connectivity index (χ1n) is 4.03. The summed E-state index contributed by atoms with van der Waals surface area (Å²) in [6, 6.07) is 0. The van der Waals surface area contributed by atoms with Crippen LogP contribution in [0.4, 0.5) is 17.6 Å². The molecule has 0 bridgehead atoms. The zero-order valence-electron chi connectivity index (χ0n) is 7.58. The summed E-state index contributed by atoms with van der Waals surface area (Å²) in [5, 5.41) is 10.2. The molecule has 3 nitrogen and oxygen atoms in total. The Bertz CT molecular complexity index is 345. The van der Waals surface area contributed by atoms with Crippen molar-refractivity contribution in [1.82, 2.24) is 0 Å². The molecule has 0 saturated carbocycles. The van der Waals surface area contributed by atoms with E-state index in [9.17, 15) is 27.7 Å². The first kappa shape index (κ1) is 11.7. The highest BCUT2D eigenvalue weighted by Crippen LogP contribution is 2.40. The lowest BCUT2D eigenvalue weighted by Crippen LogP contribution is -2.30. The number of hydrogen-bond acceptors (Lipinski definition) is 2. The van der Waals surface area contributed by atoms with E-state index in [1.54, 1.807) is 0 Å². The molecule has 0 aromatic rings. The number of alkyl halides is 3. The second-order valence-corrected chi connectivity index (χ2v) is 3.23. The van der Waals surface area contributed by atoms with Gasteiger partial charge in [0, 0.05) is 18.1 Å². The van der Waals surface area contributed by atoms with Crippen molar-refractivity contribution in [2.75, 3.05) is 0 Å². The van der Waals surface area contributed by atoms with Crippen molar-refractivity contribution in [1.29, 1.82) is 0 Å². The second kappa shape index (κ2) is 3.63. The quantitative estimate of drug-likeness (QED) is 0.391. The van der Waals surface area contributed by atoms with Gasteiger partial charge < -0.3 is 0 Å². The second-order valence-electron chi connectivity index (χ2n) is 3.23. The molecule has 7 heteroatoms. The molecule has 1 aliphatic carbocycles. The zero-order valence-corrected chi connectivity index (χ0v) is 7.58. The summed E-state index contributed by atoms with van der Waals surface area (Å²) in [6.45, 7) is 1.04. The van der Waals surface area contributed by atoms with Gasteiger partial charge >= 0.3 is 6.18 Å². The molecule has 0 fully saturated rings. The molecule has 2 unspecified atom stereocenters. The van der Waals surface area contributed by atoms with Crippen LogP contribution in [-0.2, 0) is 0 Å². The SMILES string of the molecule is CC1C(F)=CC([N+](=O)[O-])=CC1C(F)(F)F. The summed E-state index contributed by atoms with van der Waals surface area (Å²) < 4.78 is 50.0. The highest BCUT2D eigenvalue weighted by atomic mass is 19.4. The van der Waals surface area contributed by atoms with E-state index in [-0.39, 0.29) is 0 Å². The Balaban J connectivity index is 3.11. The van der Waals surface area contributed by atoms with Crippen molar-refractivity contribution in [2.45, 2.75) is 13.1 Å². The number of halogens is 4. The van der Waals surface area contributed by atoms with E-state index in [2.05, 4.69) is 0 Å². The van der Waals surface area contributed by atoms with Gasteiger partial charge in [-0.3, -0.25) is 10.1 Å². The van der Waals surface area contributed by atoms with Crippen molar-refractivity contribution in [2.24, 2.45) is 11.8 Å². The molecule has 2 atom stereocenters. The first-order chi connectivity index (χ1) is 6.73. The lowest BCUT2D eigenvalue weighted by molar-refractivity contribution is -0.420. The van der Waals surface area contributed by atoms with Gasteiger partial charge in [0.1, 0.15) is 5.83 Å². The Morgan fingerprint density at radius 2 is 2.00 bits per heavy atom. The van der Waals surface area contributed by atoms with Gasteiger partial charge in [0.2, 0.25) is 0 Å². The van der Waals surface area contributed by atoms with Crippen LogP contribution in [0.5, 0.6) is 0 Å². The maximum Gasteiger partial charge on any atom is 0.396 e. The number of allylic oxidation sites excluding steroid dienone is 3. The van der Waals surface area contributed by atoms with E-state index < -0.39 is 34.5 Å². The maximum atomic E-state index is 13.0. The normalized spacial score (nSPS) is 27.0. The lowest BCUT2D eigenvalue weighted by atomic mass is 9.87. The standard InChI is InChI=1S/C8H7F4NO2/c1-4-6(8(10,11)12)2-5(13(14)15)3-7(4)9/h2-4,6H,1H3. The van der Waals surface area contributed by atoms with Crippen LogP contribution >= 0.6 is 0 Å².